The van der Waals surface area contributed by atoms with Gasteiger partial charge in [-0.25, -0.2) is 9.97 Å². The van der Waals surface area contributed by atoms with E-state index in [1.54, 1.807) is 36.1 Å². The molecule has 2 aromatic rings. The molecule has 0 N–H and O–H groups in total. The molecule has 0 radical (unpaired) electrons. The van der Waals surface area contributed by atoms with E-state index in [4.69, 9.17) is 16.3 Å². The Morgan fingerprint density at radius 1 is 1.32 bits per heavy atom. The summed E-state index contributed by atoms with van der Waals surface area (Å²) in [6.45, 7) is 8.98. The lowest BCUT2D eigenvalue weighted by atomic mass is 9.95. The number of nitrogens with zero attached hydrogens (tertiary/aromatic N) is 3. The molecule has 0 spiro atoms. The van der Waals surface area contributed by atoms with Crippen LogP contribution in [0.5, 0.6) is 5.75 Å². The van der Waals surface area contributed by atoms with Crippen LogP contribution >= 0.6 is 11.6 Å². The maximum atomic E-state index is 12.7. The molecule has 0 unspecified atom stereocenters. The van der Waals surface area contributed by atoms with E-state index < -0.39 is 6.10 Å². The number of halogens is 1. The average Bonchev–Trinajstić information content (AvgIpc) is 2.96. The van der Waals surface area contributed by atoms with Crippen LogP contribution in [0.15, 0.2) is 30.5 Å². The number of aromatic nitrogens is 2. The maximum Gasteiger partial charge on any atom is 0.264 e. The molecule has 0 bridgehead atoms. The number of amides is 1. The first kappa shape index (κ1) is 17.7. The molecule has 0 fully saturated rings. The third-order valence-corrected chi connectivity index (χ3v) is 4.33. The van der Waals surface area contributed by atoms with Crippen LogP contribution in [-0.4, -0.2) is 26.9 Å². The van der Waals surface area contributed by atoms with Gasteiger partial charge in [-0.05, 0) is 25.1 Å². The first-order valence-corrected chi connectivity index (χ1v) is 8.68. The van der Waals surface area contributed by atoms with Crippen LogP contribution in [0.1, 0.15) is 44.8 Å². The Kier molecular flexibility index (Phi) is 4.69. The summed E-state index contributed by atoms with van der Waals surface area (Å²) in [7, 11) is 0. The molecule has 1 aromatic carbocycles. The largest absolute Gasteiger partial charge is 0.481 e. The van der Waals surface area contributed by atoms with Crippen molar-refractivity contribution >= 4 is 17.5 Å². The van der Waals surface area contributed by atoms with Crippen molar-refractivity contribution in [2.24, 2.45) is 0 Å². The molecule has 5 nitrogen and oxygen atoms in total. The van der Waals surface area contributed by atoms with Crippen molar-refractivity contribution in [2.45, 2.75) is 52.3 Å². The minimum absolute atomic E-state index is 0.0738. The number of carbonyl (C=O) groups is 1. The topological polar surface area (TPSA) is 55.3 Å². The van der Waals surface area contributed by atoms with Gasteiger partial charge in [-0.3, -0.25) is 4.79 Å². The van der Waals surface area contributed by atoms with Crippen LogP contribution in [0.2, 0.25) is 5.02 Å². The zero-order valence-electron chi connectivity index (χ0n) is 14.9. The fourth-order valence-corrected chi connectivity index (χ4v) is 2.90. The summed E-state index contributed by atoms with van der Waals surface area (Å²) in [6, 6.07) is 7.05. The summed E-state index contributed by atoms with van der Waals surface area (Å²) in [4.78, 5) is 23.5. The number of ether oxygens (including phenoxy) is 1. The molecule has 1 amide bonds. The second-order valence-corrected chi connectivity index (χ2v) is 7.76. The zero-order chi connectivity index (χ0) is 18.2. The van der Waals surface area contributed by atoms with Crippen LogP contribution in [0, 0.1) is 0 Å². The van der Waals surface area contributed by atoms with Gasteiger partial charge in [-0.15, -0.1) is 0 Å². The van der Waals surface area contributed by atoms with Crippen molar-refractivity contribution in [1.29, 1.82) is 0 Å². The second-order valence-electron chi connectivity index (χ2n) is 7.33. The number of hydrogen-bond acceptors (Lipinski definition) is 4. The Labute approximate surface area is 153 Å². The third kappa shape index (κ3) is 3.93. The van der Waals surface area contributed by atoms with Crippen molar-refractivity contribution in [3.8, 4) is 5.75 Å². The minimum Gasteiger partial charge on any atom is -0.481 e. The van der Waals surface area contributed by atoms with Crippen LogP contribution in [-0.2, 0) is 23.3 Å². The van der Waals surface area contributed by atoms with E-state index in [9.17, 15) is 4.79 Å². The molecule has 0 saturated heterocycles. The van der Waals surface area contributed by atoms with Crippen LogP contribution in [0.4, 0.5) is 0 Å². The van der Waals surface area contributed by atoms with Crippen LogP contribution < -0.4 is 4.74 Å². The van der Waals surface area contributed by atoms with Crippen molar-refractivity contribution in [1.82, 2.24) is 14.9 Å². The minimum atomic E-state index is -0.595. The predicted octanol–water partition coefficient (Wildman–Crippen LogP) is 3.74. The van der Waals surface area contributed by atoms with Gasteiger partial charge in [0.05, 0.1) is 12.2 Å². The molecule has 3 rings (SSSR count). The van der Waals surface area contributed by atoms with E-state index in [0.29, 0.717) is 23.9 Å². The van der Waals surface area contributed by atoms with Gasteiger partial charge in [0.15, 0.2) is 6.10 Å². The highest BCUT2D eigenvalue weighted by atomic mass is 35.5. The number of carbonyl (C=O) groups excluding carboxylic acids is 1. The van der Waals surface area contributed by atoms with Crippen molar-refractivity contribution in [2.75, 3.05) is 0 Å². The lowest BCUT2D eigenvalue weighted by Gasteiger charge is -2.21. The van der Waals surface area contributed by atoms with E-state index in [-0.39, 0.29) is 11.3 Å². The fourth-order valence-electron chi connectivity index (χ4n) is 2.72. The molecule has 2 heterocycles. The first-order chi connectivity index (χ1) is 11.7. The van der Waals surface area contributed by atoms with E-state index in [2.05, 4.69) is 30.7 Å². The Morgan fingerprint density at radius 2 is 2.08 bits per heavy atom. The summed E-state index contributed by atoms with van der Waals surface area (Å²) in [5.74, 6) is 1.30. The van der Waals surface area contributed by atoms with E-state index >= 15 is 0 Å². The van der Waals surface area contributed by atoms with Crippen molar-refractivity contribution < 1.29 is 9.53 Å². The van der Waals surface area contributed by atoms with E-state index in [0.717, 1.165) is 17.1 Å². The summed E-state index contributed by atoms with van der Waals surface area (Å²) in [6.07, 6.45) is 1.24. The lowest BCUT2D eigenvalue weighted by Crippen LogP contribution is -2.37. The predicted molar refractivity (Wildman–Crippen MR) is 96.5 cm³/mol. The third-order valence-electron chi connectivity index (χ3n) is 4.10. The molecule has 1 aliphatic rings. The van der Waals surface area contributed by atoms with Crippen LogP contribution in [0.25, 0.3) is 0 Å². The molecule has 1 atom stereocenters. The molecule has 6 heteroatoms. The van der Waals surface area contributed by atoms with E-state index in [1.165, 1.54) is 0 Å². The quantitative estimate of drug-likeness (QED) is 0.837. The Morgan fingerprint density at radius 3 is 2.76 bits per heavy atom. The Bertz CT molecular complexity index is 801. The van der Waals surface area contributed by atoms with Gasteiger partial charge >= 0.3 is 0 Å². The standard InChI is InChI=1S/C19H22ClN3O2/c1-12(25-15-7-5-6-14(20)8-15)17(24)23-10-13-9-21-18(19(2,3)4)22-16(13)11-23/h5-9,12H,10-11H2,1-4H3/t12-/m0/s1. The summed E-state index contributed by atoms with van der Waals surface area (Å²) < 4.78 is 5.73. The number of rotatable bonds is 3. The molecule has 25 heavy (non-hydrogen) atoms. The van der Waals surface area contributed by atoms with E-state index in [1.807, 2.05) is 6.20 Å². The van der Waals surface area contributed by atoms with Crippen molar-refractivity contribution in [3.63, 3.8) is 0 Å². The van der Waals surface area contributed by atoms with Crippen molar-refractivity contribution in [3.05, 3.63) is 52.6 Å². The molecular formula is C19H22ClN3O2. The highest BCUT2D eigenvalue weighted by Crippen LogP contribution is 2.26. The lowest BCUT2D eigenvalue weighted by molar-refractivity contribution is -0.138. The van der Waals surface area contributed by atoms with Gasteiger partial charge in [0.25, 0.3) is 5.91 Å². The van der Waals surface area contributed by atoms with Crippen LogP contribution in [0.3, 0.4) is 0 Å². The molecule has 1 aliphatic heterocycles. The Balaban J connectivity index is 1.69. The molecule has 0 saturated carbocycles. The molecule has 132 valence electrons. The van der Waals surface area contributed by atoms with Gasteiger partial charge < -0.3 is 9.64 Å². The number of hydrogen-bond donors (Lipinski definition) is 0. The normalized spacial score (nSPS) is 15.0. The van der Waals surface area contributed by atoms with Gasteiger partial charge in [-0.2, -0.15) is 0 Å². The SMILES string of the molecule is C[C@H](Oc1cccc(Cl)c1)C(=O)N1Cc2cnc(C(C)(C)C)nc2C1. The van der Waals surface area contributed by atoms with Gasteiger partial charge in [0, 0.05) is 28.7 Å². The molecule has 1 aromatic heterocycles. The van der Waals surface area contributed by atoms with Gasteiger partial charge in [0.2, 0.25) is 0 Å². The maximum absolute atomic E-state index is 12.7. The van der Waals surface area contributed by atoms with Gasteiger partial charge in [-0.1, -0.05) is 38.4 Å². The highest BCUT2D eigenvalue weighted by Gasteiger charge is 2.30. The monoisotopic (exact) mass is 359 g/mol. The summed E-state index contributed by atoms with van der Waals surface area (Å²) in [5.41, 5.74) is 1.80. The first-order valence-electron chi connectivity index (χ1n) is 8.30. The Hall–Kier alpha value is -2.14. The molecule has 0 aliphatic carbocycles. The summed E-state index contributed by atoms with van der Waals surface area (Å²) in [5, 5.41) is 0.579. The smallest absolute Gasteiger partial charge is 0.264 e. The zero-order valence-corrected chi connectivity index (χ0v) is 15.7. The summed E-state index contributed by atoms with van der Waals surface area (Å²) >= 11 is 5.96. The highest BCUT2D eigenvalue weighted by molar-refractivity contribution is 6.30. The number of fused-ring (bicyclic) bond motifs is 1. The molecular weight excluding hydrogens is 338 g/mol. The number of benzene rings is 1. The second kappa shape index (κ2) is 6.64. The average molecular weight is 360 g/mol. The fraction of sp³-hybridized carbons (Fsp3) is 0.421. The van der Waals surface area contributed by atoms with Gasteiger partial charge in [0.1, 0.15) is 11.6 Å².